The Bertz CT molecular complexity index is 2410. The summed E-state index contributed by atoms with van der Waals surface area (Å²) in [6, 6.07) is 7.60. The number of urea groups is 1. The van der Waals surface area contributed by atoms with Crippen LogP contribution in [0.2, 0.25) is 0 Å². The zero-order valence-electron chi connectivity index (χ0n) is 35.7. The Morgan fingerprint density at radius 2 is 1.69 bits per heavy atom. The van der Waals surface area contributed by atoms with Gasteiger partial charge in [0.15, 0.2) is 6.23 Å². The fourth-order valence-electron chi connectivity index (χ4n) is 8.50. The van der Waals surface area contributed by atoms with Crippen molar-refractivity contribution in [3.8, 4) is 5.75 Å². The molecule has 1 saturated carbocycles. The molecule has 2 aromatic heterocycles. The number of phenolic OH excluding ortho intramolecular Hbond substituents is 1. The molecule has 2 fully saturated rings. The fraction of sp³-hybridized carbons (Fsp3) is 0.477. The summed E-state index contributed by atoms with van der Waals surface area (Å²) in [5.74, 6) is -3.35. The molecule has 2 aromatic carbocycles. The van der Waals surface area contributed by atoms with Crippen molar-refractivity contribution in [2.75, 3.05) is 13.6 Å². The third-order valence-corrected chi connectivity index (χ3v) is 12.1. The number of ether oxygens (including phenoxy) is 1. The number of benzene rings is 2. The van der Waals surface area contributed by atoms with Crippen LogP contribution in [0.25, 0.3) is 10.9 Å². The van der Waals surface area contributed by atoms with E-state index in [1.54, 1.807) is 18.3 Å². The molecular formula is C44H57N9O11. The molecule has 1 aliphatic heterocycles. The molecule has 0 spiro atoms. The van der Waals surface area contributed by atoms with Crippen molar-refractivity contribution in [1.29, 1.82) is 0 Å². The molecule has 0 unspecified atom stereocenters. The van der Waals surface area contributed by atoms with Gasteiger partial charge < -0.3 is 56.9 Å². The molecule has 1 aliphatic carbocycles. The molecule has 20 nitrogen and oxygen atoms in total. The monoisotopic (exact) mass is 887 g/mol. The van der Waals surface area contributed by atoms with Crippen LogP contribution in [-0.2, 0) is 36.8 Å². The predicted molar refractivity (Wildman–Crippen MR) is 233 cm³/mol. The highest BCUT2D eigenvalue weighted by atomic mass is 16.5. The van der Waals surface area contributed by atoms with E-state index in [-0.39, 0.29) is 43.9 Å². The van der Waals surface area contributed by atoms with Gasteiger partial charge in [0.2, 0.25) is 17.7 Å². The van der Waals surface area contributed by atoms with Gasteiger partial charge in [-0.3, -0.25) is 28.7 Å². The van der Waals surface area contributed by atoms with Crippen LogP contribution in [0.4, 0.5) is 4.79 Å². The Morgan fingerprint density at radius 3 is 2.41 bits per heavy atom. The molecule has 5 amide bonds. The number of aliphatic hydroxyl groups excluding tert-OH is 1. The number of likely N-dealkylation sites (N-methyl/N-ethyl adjacent to an activating group) is 1. The number of aliphatic carboxylic acids is 1. The number of nitrogens with zero attached hydrogens (tertiary/aromatic N) is 2. The number of para-hydroxylation sites is 1. The minimum atomic E-state index is -1.45. The second kappa shape index (κ2) is 21.2. The smallest absolute Gasteiger partial charge is 0.330 e. The molecule has 11 N–H and O–H groups in total. The third-order valence-electron chi connectivity index (χ3n) is 12.1. The van der Waals surface area contributed by atoms with Crippen LogP contribution in [0.1, 0.15) is 69.2 Å². The molecule has 1 saturated heterocycles. The lowest BCUT2D eigenvalue weighted by Gasteiger charge is -2.35. The first kappa shape index (κ1) is 47.0. The van der Waals surface area contributed by atoms with Gasteiger partial charge in [-0.15, -0.1) is 0 Å². The summed E-state index contributed by atoms with van der Waals surface area (Å²) in [4.78, 5) is 99.0. The SMILES string of the molecule is C[C@@H]([C@H](NC(=O)[C@H](CC1CCCCC1)NC(=O)N[C@@H](Cc1c[nH]c2ccccc12)C(=O)O)C(=O)NC[C@H]1C[C@@H](O)[C@H](n2ccc(=O)[nH]c2=O)O1)N(C)C(=O)[C@@H](N)Cc1cccc(O)c1. The maximum atomic E-state index is 14.4. The number of H-pyrrole nitrogens is 2. The number of hydrogen-bond donors (Lipinski definition) is 10. The van der Waals surface area contributed by atoms with E-state index < -0.39 is 89.6 Å². The highest BCUT2D eigenvalue weighted by Crippen LogP contribution is 2.29. The first-order valence-electron chi connectivity index (χ1n) is 21.5. The number of aromatic amines is 2. The molecule has 2 aliphatic rings. The molecule has 8 atom stereocenters. The Kier molecular flexibility index (Phi) is 15.6. The minimum absolute atomic E-state index is 0.00741. The number of amides is 5. The highest BCUT2D eigenvalue weighted by Gasteiger charge is 2.39. The zero-order chi connectivity index (χ0) is 46.1. The molecule has 64 heavy (non-hydrogen) atoms. The fourth-order valence-corrected chi connectivity index (χ4v) is 8.50. The van der Waals surface area contributed by atoms with Gasteiger partial charge in [-0.05, 0) is 55.0 Å². The van der Waals surface area contributed by atoms with Gasteiger partial charge in [0.25, 0.3) is 5.56 Å². The Morgan fingerprint density at radius 1 is 0.953 bits per heavy atom. The molecule has 20 heteroatoms. The largest absolute Gasteiger partial charge is 0.508 e. The normalized spacial score (nSPS) is 20.0. The topological polar surface area (TPSA) is 303 Å². The number of hydrogen-bond acceptors (Lipinski definition) is 11. The van der Waals surface area contributed by atoms with Crippen LogP contribution in [0.15, 0.2) is 76.6 Å². The number of nitrogens with one attached hydrogen (secondary N) is 6. The van der Waals surface area contributed by atoms with Gasteiger partial charge in [0.1, 0.15) is 30.0 Å². The summed E-state index contributed by atoms with van der Waals surface area (Å²) in [7, 11) is 1.43. The van der Waals surface area contributed by atoms with Crippen molar-refractivity contribution in [3.63, 3.8) is 0 Å². The van der Waals surface area contributed by atoms with E-state index >= 15 is 0 Å². The number of carboxylic acids is 1. The van der Waals surface area contributed by atoms with Crippen molar-refractivity contribution in [3.05, 3.63) is 99.0 Å². The van der Waals surface area contributed by atoms with Crippen LogP contribution in [0.3, 0.4) is 0 Å². The summed E-state index contributed by atoms with van der Waals surface area (Å²) >= 11 is 0. The van der Waals surface area contributed by atoms with Crippen LogP contribution in [0, 0.1) is 5.92 Å². The number of aromatic hydroxyl groups is 1. The summed E-state index contributed by atoms with van der Waals surface area (Å²) in [6.45, 7) is 1.34. The average Bonchev–Trinajstić information content (AvgIpc) is 3.85. The van der Waals surface area contributed by atoms with E-state index in [1.807, 2.05) is 24.3 Å². The molecule has 344 valence electrons. The molecule has 3 heterocycles. The maximum Gasteiger partial charge on any atom is 0.330 e. The Labute approximate surface area is 367 Å². The lowest BCUT2D eigenvalue weighted by atomic mass is 9.84. The van der Waals surface area contributed by atoms with Gasteiger partial charge in [-0.25, -0.2) is 14.4 Å². The molecule has 0 radical (unpaired) electrons. The standard InChI is InChI=1S/C44H57N9O11/c1-24(52(2)40(59)31(45)18-26-11-8-12-28(54)17-26)37(39(58)47-23-29-21-35(55)41(64-29)53-16-15-36(56)50-44(53)63)51-38(57)33(19-25-9-4-3-5-10-25)48-43(62)49-34(42(60)61)20-27-22-46-32-14-7-6-13-30(27)32/h6-8,11-17,22,24-25,29,31,33-35,37,41,46,54-55H,3-5,9-10,18-21,23,45H2,1-2H3,(H,47,58)(H,51,57)(H,60,61)(H2,48,49,62)(H,50,56,63)/t24-,29+,31-,33-,34-,35+,37-,41+/m0/s1. The number of rotatable bonds is 18. The molecule has 6 rings (SSSR count). The van der Waals surface area contributed by atoms with Crippen molar-refractivity contribution in [2.24, 2.45) is 11.7 Å². The maximum absolute atomic E-state index is 14.4. The van der Waals surface area contributed by atoms with Crippen LogP contribution in [-0.4, -0.2) is 120 Å². The number of carbonyl (C=O) groups excluding carboxylic acids is 4. The summed E-state index contributed by atoms with van der Waals surface area (Å²) in [6.07, 6.45) is 4.32. The lowest BCUT2D eigenvalue weighted by molar-refractivity contribution is -0.139. The van der Waals surface area contributed by atoms with Crippen molar-refractivity contribution in [2.45, 2.75) is 113 Å². The van der Waals surface area contributed by atoms with Crippen LogP contribution < -0.4 is 38.2 Å². The van der Waals surface area contributed by atoms with E-state index in [1.165, 1.54) is 37.2 Å². The van der Waals surface area contributed by atoms with Gasteiger partial charge in [-0.2, -0.15) is 0 Å². The number of aromatic nitrogens is 3. The summed E-state index contributed by atoms with van der Waals surface area (Å²) < 4.78 is 6.92. The van der Waals surface area contributed by atoms with E-state index in [0.717, 1.165) is 53.6 Å². The Hall–Kier alpha value is -6.51. The predicted octanol–water partition coefficient (Wildman–Crippen LogP) is 0.724. The van der Waals surface area contributed by atoms with Gasteiger partial charge in [-0.1, -0.05) is 62.4 Å². The second-order valence-corrected chi connectivity index (χ2v) is 16.7. The van der Waals surface area contributed by atoms with Crippen LogP contribution >= 0.6 is 0 Å². The summed E-state index contributed by atoms with van der Waals surface area (Å²) in [5, 5.41) is 42.3. The number of carbonyl (C=O) groups is 5. The number of phenols is 1. The molecule has 4 aromatic rings. The third kappa shape index (κ3) is 11.9. The van der Waals surface area contributed by atoms with Gasteiger partial charge in [0.05, 0.1) is 18.2 Å². The van der Waals surface area contributed by atoms with Gasteiger partial charge in [0, 0.05) is 55.8 Å². The average molecular weight is 888 g/mol. The first-order chi connectivity index (χ1) is 30.6. The number of aliphatic hydroxyl groups is 1. The lowest BCUT2D eigenvalue weighted by Crippen LogP contribution is -2.63. The van der Waals surface area contributed by atoms with E-state index in [4.69, 9.17) is 10.5 Å². The van der Waals surface area contributed by atoms with Crippen molar-refractivity contribution < 1.29 is 44.0 Å². The minimum Gasteiger partial charge on any atom is -0.508 e. The number of fused-ring (bicyclic) bond motifs is 1. The number of carboxylic acid groups (broad SMARTS) is 1. The quantitative estimate of drug-likeness (QED) is 0.0662. The first-order valence-corrected chi connectivity index (χ1v) is 21.5. The zero-order valence-corrected chi connectivity index (χ0v) is 35.7. The van der Waals surface area contributed by atoms with Crippen LogP contribution in [0.5, 0.6) is 5.75 Å². The van der Waals surface area contributed by atoms with Crippen molar-refractivity contribution in [1.82, 2.24) is 40.7 Å². The van der Waals surface area contributed by atoms with E-state index in [0.29, 0.717) is 11.1 Å². The Balaban J connectivity index is 1.20. The summed E-state index contributed by atoms with van der Waals surface area (Å²) in [5.41, 5.74) is 6.97. The second-order valence-electron chi connectivity index (χ2n) is 16.7. The molecule has 0 bridgehead atoms. The number of nitrogens with two attached hydrogens (primary N) is 1. The van der Waals surface area contributed by atoms with E-state index in [9.17, 15) is 48.9 Å². The highest BCUT2D eigenvalue weighted by molar-refractivity contribution is 5.94. The van der Waals surface area contributed by atoms with Crippen molar-refractivity contribution >= 4 is 40.6 Å². The van der Waals surface area contributed by atoms with E-state index in [2.05, 4.69) is 31.2 Å². The van der Waals surface area contributed by atoms with Gasteiger partial charge >= 0.3 is 17.7 Å². The molecular weight excluding hydrogens is 831 g/mol.